The third-order valence-corrected chi connectivity index (χ3v) is 6.21. The van der Waals surface area contributed by atoms with E-state index in [2.05, 4.69) is 0 Å². The van der Waals surface area contributed by atoms with Gasteiger partial charge in [0.25, 0.3) is 5.79 Å². The van der Waals surface area contributed by atoms with Crippen molar-refractivity contribution in [3.05, 3.63) is 65.7 Å². The minimum atomic E-state index is -3.33. The van der Waals surface area contributed by atoms with Gasteiger partial charge in [-0.25, -0.2) is 8.42 Å². The van der Waals surface area contributed by atoms with Crippen LogP contribution < -0.4 is 0 Å². The third-order valence-electron chi connectivity index (χ3n) is 5.08. The number of hydrogen-bond donors (Lipinski definition) is 0. The molecule has 0 saturated heterocycles. The fraction of sp³-hybridized carbons (Fsp3) is 0.304. The Labute approximate surface area is 176 Å². The zero-order chi connectivity index (χ0) is 22.1. The molecule has 1 unspecified atom stereocenters. The van der Waals surface area contributed by atoms with Crippen LogP contribution in [0.25, 0.3) is 11.1 Å². The highest BCUT2D eigenvalue weighted by molar-refractivity contribution is 7.90. The Morgan fingerprint density at radius 1 is 0.900 bits per heavy atom. The van der Waals surface area contributed by atoms with Crippen molar-refractivity contribution in [2.75, 3.05) is 6.26 Å². The molecular weight excluding hydrogens is 404 g/mol. The molecule has 7 heteroatoms. The summed E-state index contributed by atoms with van der Waals surface area (Å²) in [7, 11) is -3.33. The Morgan fingerprint density at radius 2 is 1.43 bits per heavy atom. The molecule has 0 aromatic heterocycles. The summed E-state index contributed by atoms with van der Waals surface area (Å²) in [6.07, 6.45) is 1.70. The molecule has 158 valence electrons. The normalized spacial score (nSPS) is 17.8. The molecule has 0 amide bonds. The van der Waals surface area contributed by atoms with Crippen LogP contribution in [0.5, 0.6) is 0 Å². The first-order valence-electron chi connectivity index (χ1n) is 9.60. The summed E-state index contributed by atoms with van der Waals surface area (Å²) in [5.74, 6) is -3.05. The van der Waals surface area contributed by atoms with Gasteiger partial charge in [-0.1, -0.05) is 49.4 Å². The summed E-state index contributed by atoms with van der Waals surface area (Å²) in [6, 6.07) is 15.8. The molecule has 2 aromatic rings. The average molecular weight is 429 g/mol. The lowest BCUT2D eigenvalue weighted by atomic mass is 9.65. The van der Waals surface area contributed by atoms with Crippen LogP contribution in [-0.4, -0.2) is 32.4 Å². The van der Waals surface area contributed by atoms with E-state index >= 15 is 0 Å². The fourth-order valence-electron chi connectivity index (χ4n) is 4.00. The SMILES string of the molecule is CCC1C(c2ccc(S(C)(=O)=O)cc2)=C(c2ccccc2)C1(OC(C)=O)OC(C)=O. The molecule has 0 spiro atoms. The average Bonchev–Trinajstić information content (AvgIpc) is 2.65. The fourth-order valence-corrected chi connectivity index (χ4v) is 4.63. The van der Waals surface area contributed by atoms with Crippen molar-refractivity contribution in [2.45, 2.75) is 37.9 Å². The minimum absolute atomic E-state index is 0.215. The smallest absolute Gasteiger partial charge is 0.306 e. The van der Waals surface area contributed by atoms with E-state index in [0.717, 1.165) is 23.0 Å². The summed E-state index contributed by atoms with van der Waals surface area (Å²) in [5, 5.41) is 0. The van der Waals surface area contributed by atoms with Gasteiger partial charge >= 0.3 is 11.9 Å². The summed E-state index contributed by atoms with van der Waals surface area (Å²) >= 11 is 0. The van der Waals surface area contributed by atoms with Crippen molar-refractivity contribution >= 4 is 32.9 Å². The highest BCUT2D eigenvalue weighted by Gasteiger charge is 2.59. The second-order valence-electron chi connectivity index (χ2n) is 7.27. The molecule has 1 aliphatic carbocycles. The molecule has 0 N–H and O–H groups in total. The minimum Gasteiger partial charge on any atom is -0.417 e. The van der Waals surface area contributed by atoms with Gasteiger partial charge in [-0.2, -0.15) is 0 Å². The first-order chi connectivity index (χ1) is 14.1. The highest BCUT2D eigenvalue weighted by Crippen LogP contribution is 2.58. The van der Waals surface area contributed by atoms with Gasteiger partial charge in [-0.3, -0.25) is 9.59 Å². The van der Waals surface area contributed by atoms with Crippen LogP contribution in [0, 0.1) is 5.92 Å². The van der Waals surface area contributed by atoms with E-state index in [4.69, 9.17) is 9.47 Å². The summed E-state index contributed by atoms with van der Waals surface area (Å²) in [6.45, 7) is 4.47. The molecule has 3 rings (SSSR count). The Bertz CT molecular complexity index is 1080. The maximum atomic E-state index is 12.0. The maximum absolute atomic E-state index is 12.0. The highest BCUT2D eigenvalue weighted by atomic mass is 32.2. The van der Waals surface area contributed by atoms with Crippen molar-refractivity contribution in [1.82, 2.24) is 0 Å². The quantitative estimate of drug-likeness (QED) is 0.513. The predicted octanol–water partition coefficient (Wildman–Crippen LogP) is 3.86. The summed E-state index contributed by atoms with van der Waals surface area (Å²) < 4.78 is 34.9. The Balaban J connectivity index is 2.26. The molecule has 1 atom stereocenters. The van der Waals surface area contributed by atoms with Crippen molar-refractivity contribution < 1.29 is 27.5 Å². The maximum Gasteiger partial charge on any atom is 0.306 e. The first-order valence-corrected chi connectivity index (χ1v) is 11.5. The van der Waals surface area contributed by atoms with Crippen LogP contribution in [0.2, 0.25) is 0 Å². The van der Waals surface area contributed by atoms with E-state index < -0.39 is 33.5 Å². The number of carbonyl (C=O) groups is 2. The Kier molecular flexibility index (Phi) is 5.85. The van der Waals surface area contributed by atoms with Crippen LogP contribution in [-0.2, 0) is 28.9 Å². The molecule has 0 heterocycles. The number of rotatable bonds is 6. The van der Waals surface area contributed by atoms with Gasteiger partial charge in [0.15, 0.2) is 9.84 Å². The Hall–Kier alpha value is -2.93. The molecule has 0 fully saturated rings. The Morgan fingerprint density at radius 3 is 1.87 bits per heavy atom. The van der Waals surface area contributed by atoms with E-state index in [9.17, 15) is 18.0 Å². The van der Waals surface area contributed by atoms with Gasteiger partial charge in [0.1, 0.15) is 0 Å². The molecule has 1 aliphatic rings. The van der Waals surface area contributed by atoms with Crippen molar-refractivity contribution in [2.24, 2.45) is 5.92 Å². The van der Waals surface area contributed by atoms with Gasteiger partial charge in [0, 0.05) is 25.7 Å². The third kappa shape index (κ3) is 3.89. The van der Waals surface area contributed by atoms with Crippen molar-refractivity contribution in [1.29, 1.82) is 0 Å². The molecule has 6 nitrogen and oxygen atoms in total. The molecular formula is C23H24O6S. The molecule has 0 saturated carbocycles. The molecule has 0 bridgehead atoms. The largest absolute Gasteiger partial charge is 0.417 e. The lowest BCUT2D eigenvalue weighted by Crippen LogP contribution is -2.54. The van der Waals surface area contributed by atoms with E-state index in [-0.39, 0.29) is 4.90 Å². The van der Waals surface area contributed by atoms with E-state index in [1.54, 1.807) is 24.3 Å². The van der Waals surface area contributed by atoms with Crippen LogP contribution in [0.1, 0.15) is 38.3 Å². The van der Waals surface area contributed by atoms with Gasteiger partial charge < -0.3 is 9.47 Å². The second kappa shape index (κ2) is 8.07. The van der Waals surface area contributed by atoms with Gasteiger partial charge in [-0.15, -0.1) is 0 Å². The predicted molar refractivity (Wildman–Crippen MR) is 113 cm³/mol. The topological polar surface area (TPSA) is 86.7 Å². The molecule has 2 aromatic carbocycles. The first kappa shape index (κ1) is 21.8. The zero-order valence-electron chi connectivity index (χ0n) is 17.3. The zero-order valence-corrected chi connectivity index (χ0v) is 18.2. The van der Waals surface area contributed by atoms with Crippen LogP contribution in [0.4, 0.5) is 0 Å². The van der Waals surface area contributed by atoms with Gasteiger partial charge in [0.2, 0.25) is 0 Å². The number of benzene rings is 2. The van der Waals surface area contributed by atoms with Crippen molar-refractivity contribution in [3.63, 3.8) is 0 Å². The number of hydrogen-bond acceptors (Lipinski definition) is 6. The van der Waals surface area contributed by atoms with Crippen LogP contribution in [0.3, 0.4) is 0 Å². The van der Waals surface area contributed by atoms with Crippen molar-refractivity contribution in [3.8, 4) is 0 Å². The summed E-state index contributed by atoms with van der Waals surface area (Å²) in [4.78, 5) is 24.1. The van der Waals surface area contributed by atoms with Crippen LogP contribution in [0.15, 0.2) is 59.5 Å². The number of ether oxygens (including phenoxy) is 2. The number of esters is 2. The number of sulfone groups is 1. The molecule has 30 heavy (non-hydrogen) atoms. The summed E-state index contributed by atoms with van der Waals surface area (Å²) in [5.41, 5.74) is 2.98. The monoisotopic (exact) mass is 428 g/mol. The number of carbonyl (C=O) groups excluding carboxylic acids is 2. The standard InChI is InChI=1S/C23H24O6S/c1-5-20-21(17-11-13-19(14-12-17)30(4,26)27)22(18-9-7-6-8-10-18)23(20,28-15(2)24)29-16(3)25/h6-14,20H,5H2,1-4H3. The van der Waals surface area contributed by atoms with E-state index in [1.807, 2.05) is 37.3 Å². The van der Waals surface area contributed by atoms with Gasteiger partial charge in [0.05, 0.1) is 10.8 Å². The van der Waals surface area contributed by atoms with E-state index in [1.165, 1.54) is 13.8 Å². The molecule has 0 radical (unpaired) electrons. The van der Waals surface area contributed by atoms with E-state index in [0.29, 0.717) is 12.0 Å². The van der Waals surface area contributed by atoms with Gasteiger partial charge in [-0.05, 0) is 35.3 Å². The lowest BCUT2D eigenvalue weighted by Gasteiger charge is -2.50. The lowest BCUT2D eigenvalue weighted by molar-refractivity contribution is -0.220. The molecule has 0 aliphatic heterocycles. The second-order valence-corrected chi connectivity index (χ2v) is 9.28. The van der Waals surface area contributed by atoms with Crippen LogP contribution >= 0.6 is 0 Å².